The highest BCUT2D eigenvalue weighted by Crippen LogP contribution is 2.18. The summed E-state index contributed by atoms with van der Waals surface area (Å²) in [5, 5.41) is 5.87. The highest BCUT2D eigenvalue weighted by molar-refractivity contribution is 5.89. The number of amides is 2. The van der Waals surface area contributed by atoms with E-state index in [1.165, 1.54) is 25.3 Å². The van der Waals surface area contributed by atoms with Crippen LogP contribution in [0, 0.1) is 0 Å². The van der Waals surface area contributed by atoms with E-state index in [1.54, 1.807) is 0 Å². The van der Waals surface area contributed by atoms with Gasteiger partial charge in [0.25, 0.3) is 0 Å². The number of carbonyl (C=O) groups excluding carboxylic acids is 3. The molecule has 192 valence electrons. The van der Waals surface area contributed by atoms with Gasteiger partial charge in [0.05, 0.1) is 17.8 Å². The zero-order valence-electron chi connectivity index (χ0n) is 20.2. The third-order valence-corrected chi connectivity index (χ3v) is 4.83. The second-order valence-corrected chi connectivity index (χ2v) is 8.43. The molecule has 0 radical (unpaired) electrons. The summed E-state index contributed by atoms with van der Waals surface area (Å²) >= 11 is 0. The minimum atomic E-state index is -4.94. The second-order valence-electron chi connectivity index (χ2n) is 8.43. The molecule has 0 saturated carbocycles. The van der Waals surface area contributed by atoms with Crippen LogP contribution in [-0.2, 0) is 20.9 Å². The summed E-state index contributed by atoms with van der Waals surface area (Å²) in [6.07, 6.45) is -3.34. The van der Waals surface area contributed by atoms with Crippen molar-refractivity contribution in [3.8, 4) is 0 Å². The molecular weight excluding hydrogens is 455 g/mol. The van der Waals surface area contributed by atoms with Gasteiger partial charge in [-0.1, -0.05) is 0 Å². The van der Waals surface area contributed by atoms with Crippen molar-refractivity contribution < 1.29 is 32.3 Å². The molecular formula is C22H34F3N5O4. The molecule has 34 heavy (non-hydrogen) atoms. The molecule has 2 unspecified atom stereocenters. The molecule has 12 heteroatoms. The third kappa shape index (κ3) is 11.4. The Bertz CT molecular complexity index is 820. The molecule has 1 heterocycles. The van der Waals surface area contributed by atoms with E-state index in [2.05, 4.69) is 15.6 Å². The van der Waals surface area contributed by atoms with Gasteiger partial charge in [0, 0.05) is 38.8 Å². The van der Waals surface area contributed by atoms with Gasteiger partial charge in [-0.15, -0.1) is 0 Å². The number of alkyl halides is 3. The van der Waals surface area contributed by atoms with Crippen LogP contribution in [-0.4, -0.2) is 91.7 Å². The molecule has 2 atom stereocenters. The SMILES string of the molecule is CC(CCN(C)C)NC(=O)CNCc1cc(C(=O)OC(C)CCN(C)C(=O)C(F)(F)F)ccn1. The Morgan fingerprint density at radius 3 is 2.41 bits per heavy atom. The number of ether oxygens (including phenoxy) is 1. The Hall–Kier alpha value is -2.73. The van der Waals surface area contributed by atoms with Crippen LogP contribution in [0.3, 0.4) is 0 Å². The number of aromatic nitrogens is 1. The summed E-state index contributed by atoms with van der Waals surface area (Å²) in [6.45, 7) is 4.46. The molecule has 0 aromatic carbocycles. The molecule has 0 aliphatic carbocycles. The quantitative estimate of drug-likeness (QED) is 0.406. The number of halogens is 3. The van der Waals surface area contributed by atoms with Crippen LogP contribution in [0.2, 0.25) is 0 Å². The van der Waals surface area contributed by atoms with Gasteiger partial charge in [-0.25, -0.2) is 4.79 Å². The van der Waals surface area contributed by atoms with Crippen molar-refractivity contribution in [2.45, 2.75) is 51.6 Å². The van der Waals surface area contributed by atoms with E-state index in [0.717, 1.165) is 20.0 Å². The van der Waals surface area contributed by atoms with E-state index in [-0.39, 0.29) is 43.6 Å². The molecule has 0 bridgehead atoms. The summed E-state index contributed by atoms with van der Waals surface area (Å²) in [4.78, 5) is 42.3. The topological polar surface area (TPSA) is 104 Å². The van der Waals surface area contributed by atoms with E-state index in [4.69, 9.17) is 4.74 Å². The molecule has 0 fully saturated rings. The largest absolute Gasteiger partial charge is 0.471 e. The summed E-state index contributed by atoms with van der Waals surface area (Å²) in [7, 11) is 4.97. The predicted molar refractivity (Wildman–Crippen MR) is 120 cm³/mol. The van der Waals surface area contributed by atoms with Gasteiger partial charge >= 0.3 is 18.1 Å². The van der Waals surface area contributed by atoms with Gasteiger partial charge in [-0.05, 0) is 53.0 Å². The van der Waals surface area contributed by atoms with E-state index in [0.29, 0.717) is 10.6 Å². The third-order valence-electron chi connectivity index (χ3n) is 4.83. The van der Waals surface area contributed by atoms with Crippen molar-refractivity contribution in [3.05, 3.63) is 29.6 Å². The fourth-order valence-corrected chi connectivity index (χ4v) is 2.86. The Morgan fingerprint density at radius 1 is 1.12 bits per heavy atom. The van der Waals surface area contributed by atoms with Gasteiger partial charge in [-0.3, -0.25) is 14.6 Å². The van der Waals surface area contributed by atoms with Gasteiger partial charge < -0.3 is 25.2 Å². The minimum absolute atomic E-state index is 0.0429. The first-order chi connectivity index (χ1) is 15.8. The van der Waals surface area contributed by atoms with Crippen LogP contribution < -0.4 is 10.6 Å². The van der Waals surface area contributed by atoms with E-state index in [9.17, 15) is 27.6 Å². The number of nitrogens with one attached hydrogen (secondary N) is 2. The standard InChI is InChI=1S/C22H34F3N5O4/c1-15(7-10-29(3)4)28-19(31)14-26-13-18-12-17(6-9-27-18)20(32)34-16(2)8-11-30(5)21(33)22(23,24)25/h6,9,12,15-16,26H,7-8,10-11,13-14H2,1-5H3,(H,28,31). The second kappa shape index (κ2) is 13.9. The normalized spacial score (nSPS) is 13.3. The van der Waals surface area contributed by atoms with Crippen LogP contribution in [0.5, 0.6) is 0 Å². The summed E-state index contributed by atoms with van der Waals surface area (Å²) in [6, 6.07) is 3.01. The number of esters is 1. The van der Waals surface area contributed by atoms with Crippen molar-refractivity contribution in [2.75, 3.05) is 40.8 Å². The number of carbonyl (C=O) groups is 3. The Kier molecular flexibility index (Phi) is 11.9. The Balaban J connectivity index is 2.46. The van der Waals surface area contributed by atoms with Crippen LogP contribution >= 0.6 is 0 Å². The Labute approximate surface area is 198 Å². The van der Waals surface area contributed by atoms with Gasteiger partial charge in [-0.2, -0.15) is 13.2 Å². The van der Waals surface area contributed by atoms with Crippen LogP contribution in [0.4, 0.5) is 13.2 Å². The Morgan fingerprint density at radius 2 is 1.79 bits per heavy atom. The van der Waals surface area contributed by atoms with Gasteiger partial charge in [0.2, 0.25) is 5.91 Å². The number of pyridine rings is 1. The fraction of sp³-hybridized carbons (Fsp3) is 0.636. The van der Waals surface area contributed by atoms with Crippen molar-refractivity contribution in [1.29, 1.82) is 0 Å². The minimum Gasteiger partial charge on any atom is -0.459 e. The maximum Gasteiger partial charge on any atom is 0.471 e. The lowest BCUT2D eigenvalue weighted by atomic mass is 10.2. The lowest BCUT2D eigenvalue weighted by molar-refractivity contribution is -0.184. The smallest absolute Gasteiger partial charge is 0.459 e. The average Bonchev–Trinajstić information content (AvgIpc) is 2.75. The molecule has 1 aromatic rings. The molecule has 9 nitrogen and oxygen atoms in total. The molecule has 1 aromatic heterocycles. The van der Waals surface area contributed by atoms with Gasteiger partial charge in [0.1, 0.15) is 6.10 Å². The fourth-order valence-electron chi connectivity index (χ4n) is 2.86. The summed E-state index contributed by atoms with van der Waals surface area (Å²) in [5.41, 5.74) is 0.742. The van der Waals surface area contributed by atoms with E-state index < -0.39 is 24.2 Å². The first kappa shape index (κ1) is 29.3. The number of hydrogen-bond donors (Lipinski definition) is 2. The molecule has 0 saturated heterocycles. The number of nitrogens with zero attached hydrogens (tertiary/aromatic N) is 3. The molecule has 2 amide bonds. The van der Waals surface area contributed by atoms with Crippen LogP contribution in [0.25, 0.3) is 0 Å². The maximum atomic E-state index is 12.4. The predicted octanol–water partition coefficient (Wildman–Crippen LogP) is 1.58. The molecule has 0 aliphatic heterocycles. The lowest BCUT2D eigenvalue weighted by Crippen LogP contribution is -2.40. The highest BCUT2D eigenvalue weighted by Gasteiger charge is 2.41. The van der Waals surface area contributed by atoms with E-state index >= 15 is 0 Å². The molecule has 1 rings (SSSR count). The monoisotopic (exact) mass is 489 g/mol. The van der Waals surface area contributed by atoms with Crippen molar-refractivity contribution in [3.63, 3.8) is 0 Å². The molecule has 0 spiro atoms. The first-order valence-corrected chi connectivity index (χ1v) is 10.9. The average molecular weight is 490 g/mol. The lowest BCUT2D eigenvalue weighted by Gasteiger charge is -2.21. The maximum absolute atomic E-state index is 12.4. The highest BCUT2D eigenvalue weighted by atomic mass is 19.4. The van der Waals surface area contributed by atoms with Crippen molar-refractivity contribution in [1.82, 2.24) is 25.4 Å². The van der Waals surface area contributed by atoms with Crippen molar-refractivity contribution in [2.24, 2.45) is 0 Å². The number of hydrogen-bond acceptors (Lipinski definition) is 7. The zero-order valence-corrected chi connectivity index (χ0v) is 20.2. The van der Waals surface area contributed by atoms with Gasteiger partial charge in [0.15, 0.2) is 0 Å². The zero-order chi connectivity index (χ0) is 25.9. The summed E-state index contributed by atoms with van der Waals surface area (Å²) in [5.74, 6) is -2.76. The van der Waals surface area contributed by atoms with Crippen LogP contribution in [0.1, 0.15) is 42.7 Å². The number of rotatable bonds is 13. The van der Waals surface area contributed by atoms with Crippen molar-refractivity contribution >= 4 is 17.8 Å². The van der Waals surface area contributed by atoms with E-state index in [1.807, 2.05) is 25.9 Å². The van der Waals surface area contributed by atoms with Crippen LogP contribution in [0.15, 0.2) is 18.3 Å². The first-order valence-electron chi connectivity index (χ1n) is 10.9. The molecule has 2 N–H and O–H groups in total. The summed E-state index contributed by atoms with van der Waals surface area (Å²) < 4.78 is 42.5. The molecule has 0 aliphatic rings.